The molecule has 0 bridgehead atoms. The highest BCUT2D eigenvalue weighted by molar-refractivity contribution is 5.76. The molecule has 11 heteroatoms. The number of aliphatic hydroxyl groups excluding tert-OH is 5. The third-order valence-corrected chi connectivity index (χ3v) is 16.5. The van der Waals surface area contributed by atoms with Gasteiger partial charge in [-0.15, -0.1) is 0 Å². The van der Waals surface area contributed by atoms with Crippen molar-refractivity contribution in [2.24, 2.45) is 0 Å². The molecule has 1 fully saturated rings. The summed E-state index contributed by atoms with van der Waals surface area (Å²) >= 11 is 0. The molecule has 0 aromatic rings. The van der Waals surface area contributed by atoms with Crippen LogP contribution in [0.2, 0.25) is 0 Å². The molecule has 1 aliphatic heterocycles. The van der Waals surface area contributed by atoms with Crippen LogP contribution in [-0.4, -0.2) is 100 Å². The molecule has 0 aliphatic carbocycles. The molecular weight excluding hydrogens is 1010 g/mol. The van der Waals surface area contributed by atoms with Crippen molar-refractivity contribution in [3.63, 3.8) is 0 Å². The zero-order valence-corrected chi connectivity index (χ0v) is 52.8. The quantitative estimate of drug-likeness (QED) is 0.0195. The smallest absolute Gasteiger partial charge is 0.305 e. The van der Waals surface area contributed by atoms with Crippen LogP contribution in [-0.2, 0) is 23.8 Å². The van der Waals surface area contributed by atoms with Crippen LogP contribution in [0.4, 0.5) is 0 Å². The molecule has 81 heavy (non-hydrogen) atoms. The summed E-state index contributed by atoms with van der Waals surface area (Å²) in [5.74, 6) is -0.181. The van der Waals surface area contributed by atoms with Gasteiger partial charge in [-0.2, -0.15) is 0 Å². The number of ether oxygens (including phenoxy) is 3. The van der Waals surface area contributed by atoms with Crippen molar-refractivity contribution in [1.29, 1.82) is 0 Å². The van der Waals surface area contributed by atoms with Crippen LogP contribution in [0.15, 0.2) is 36.5 Å². The summed E-state index contributed by atoms with van der Waals surface area (Å²) in [6.07, 6.45) is 65.6. The predicted octanol–water partition coefficient (Wildman–Crippen LogP) is 17.4. The lowest BCUT2D eigenvalue weighted by Gasteiger charge is -2.40. The van der Waals surface area contributed by atoms with Gasteiger partial charge in [-0.25, -0.2) is 0 Å². The number of esters is 1. The average Bonchev–Trinajstić information content (AvgIpc) is 3.52. The van der Waals surface area contributed by atoms with Gasteiger partial charge in [0.2, 0.25) is 5.91 Å². The van der Waals surface area contributed by atoms with Crippen molar-refractivity contribution in [1.82, 2.24) is 5.32 Å². The van der Waals surface area contributed by atoms with E-state index in [-0.39, 0.29) is 18.5 Å². The highest BCUT2D eigenvalue weighted by Crippen LogP contribution is 2.23. The van der Waals surface area contributed by atoms with Crippen molar-refractivity contribution in [3.8, 4) is 0 Å². The Kier molecular flexibility index (Phi) is 56.6. The third-order valence-electron chi connectivity index (χ3n) is 16.5. The molecule has 0 spiro atoms. The average molecular weight is 1150 g/mol. The lowest BCUT2D eigenvalue weighted by atomic mass is 9.99. The van der Waals surface area contributed by atoms with E-state index in [9.17, 15) is 35.1 Å². The molecule has 1 saturated heterocycles. The topological polar surface area (TPSA) is 175 Å². The second kappa shape index (κ2) is 59.6. The second-order valence-corrected chi connectivity index (χ2v) is 24.2. The molecule has 476 valence electrons. The maximum absolute atomic E-state index is 13.1. The summed E-state index contributed by atoms with van der Waals surface area (Å²) in [5, 5.41) is 54.5. The summed E-state index contributed by atoms with van der Waals surface area (Å²) in [6, 6.07) is -0.808. The van der Waals surface area contributed by atoms with Crippen LogP contribution < -0.4 is 5.32 Å². The van der Waals surface area contributed by atoms with Crippen LogP contribution in [0.3, 0.4) is 0 Å². The van der Waals surface area contributed by atoms with Gasteiger partial charge >= 0.3 is 5.97 Å². The fourth-order valence-electron chi connectivity index (χ4n) is 10.9. The number of hydrogen-bond acceptors (Lipinski definition) is 10. The SMILES string of the molecule is CCCC/C=C\CCCCCCCC(=O)OCCCCCCCCCCCCCC/C=C\CCCCCCCCCCCCCCCCC(=O)NC(COC1OC(CO)C(O)C(O)C1O)C(O)/C=C/CCCCCCCCCCCC. The summed E-state index contributed by atoms with van der Waals surface area (Å²) in [6.45, 7) is 4.33. The van der Waals surface area contributed by atoms with E-state index in [0.717, 1.165) is 57.8 Å². The summed E-state index contributed by atoms with van der Waals surface area (Å²) in [4.78, 5) is 25.1. The molecule has 0 saturated carbocycles. The number of unbranched alkanes of at least 4 members (excludes halogenated alkanes) is 43. The van der Waals surface area contributed by atoms with Crippen molar-refractivity contribution in [3.05, 3.63) is 36.5 Å². The van der Waals surface area contributed by atoms with E-state index in [1.165, 1.54) is 250 Å². The largest absolute Gasteiger partial charge is 0.466 e. The zero-order chi connectivity index (χ0) is 58.7. The second-order valence-electron chi connectivity index (χ2n) is 24.2. The van der Waals surface area contributed by atoms with Crippen molar-refractivity contribution in [2.45, 2.75) is 378 Å². The van der Waals surface area contributed by atoms with Crippen molar-refractivity contribution < 1.29 is 49.3 Å². The highest BCUT2D eigenvalue weighted by Gasteiger charge is 2.44. The normalized spacial score (nSPS) is 18.4. The maximum atomic E-state index is 13.1. The van der Waals surface area contributed by atoms with Gasteiger partial charge in [0, 0.05) is 12.8 Å². The molecule has 6 N–H and O–H groups in total. The molecular formula is C70H131NO10. The van der Waals surface area contributed by atoms with Crippen LogP contribution >= 0.6 is 0 Å². The Morgan fingerprint density at radius 2 is 0.802 bits per heavy atom. The summed E-state index contributed by atoms with van der Waals surface area (Å²) in [5.41, 5.74) is 0. The van der Waals surface area contributed by atoms with E-state index < -0.39 is 49.5 Å². The fraction of sp³-hybridized carbons (Fsp3) is 0.886. The molecule has 7 unspecified atom stereocenters. The van der Waals surface area contributed by atoms with E-state index in [1.54, 1.807) is 6.08 Å². The molecule has 7 atom stereocenters. The number of hydrogen-bond donors (Lipinski definition) is 6. The minimum absolute atomic E-state index is 0.00221. The van der Waals surface area contributed by atoms with Gasteiger partial charge in [0.15, 0.2) is 6.29 Å². The molecule has 0 aromatic carbocycles. The Balaban J connectivity index is 1.97. The fourth-order valence-corrected chi connectivity index (χ4v) is 10.9. The lowest BCUT2D eigenvalue weighted by Crippen LogP contribution is -2.60. The van der Waals surface area contributed by atoms with Crippen LogP contribution in [0.25, 0.3) is 0 Å². The Morgan fingerprint density at radius 3 is 1.22 bits per heavy atom. The Labute approximate surface area is 498 Å². The monoisotopic (exact) mass is 1150 g/mol. The van der Waals surface area contributed by atoms with Crippen molar-refractivity contribution >= 4 is 11.9 Å². The van der Waals surface area contributed by atoms with Gasteiger partial charge in [0.05, 0.1) is 32.0 Å². The first kappa shape index (κ1) is 76.9. The van der Waals surface area contributed by atoms with Gasteiger partial charge in [0.1, 0.15) is 24.4 Å². The number of allylic oxidation sites excluding steroid dienone is 5. The number of rotatable bonds is 61. The number of aliphatic hydroxyl groups is 5. The van der Waals surface area contributed by atoms with E-state index >= 15 is 0 Å². The number of nitrogens with one attached hydrogen (secondary N) is 1. The van der Waals surface area contributed by atoms with Gasteiger partial charge in [-0.3, -0.25) is 9.59 Å². The summed E-state index contributed by atoms with van der Waals surface area (Å²) < 4.78 is 16.7. The molecule has 1 aliphatic rings. The zero-order valence-electron chi connectivity index (χ0n) is 52.8. The molecule has 0 radical (unpaired) electrons. The van der Waals surface area contributed by atoms with Crippen molar-refractivity contribution in [2.75, 3.05) is 19.8 Å². The molecule has 0 aromatic heterocycles. The molecule has 1 rings (SSSR count). The minimum atomic E-state index is -1.57. The van der Waals surface area contributed by atoms with Gasteiger partial charge in [0.25, 0.3) is 0 Å². The number of carbonyl (C=O) groups excluding carboxylic acids is 2. The minimum Gasteiger partial charge on any atom is -0.466 e. The highest BCUT2D eigenvalue weighted by atomic mass is 16.7. The predicted molar refractivity (Wildman–Crippen MR) is 338 cm³/mol. The first-order valence-electron chi connectivity index (χ1n) is 34.8. The molecule has 11 nitrogen and oxygen atoms in total. The Bertz CT molecular complexity index is 1440. The van der Waals surface area contributed by atoms with Crippen LogP contribution in [0.5, 0.6) is 0 Å². The molecule has 1 amide bonds. The molecule has 1 heterocycles. The summed E-state index contributed by atoms with van der Waals surface area (Å²) in [7, 11) is 0. The van der Waals surface area contributed by atoms with Crippen LogP contribution in [0, 0.1) is 0 Å². The Hall–Kier alpha value is -2.12. The maximum Gasteiger partial charge on any atom is 0.305 e. The lowest BCUT2D eigenvalue weighted by molar-refractivity contribution is -0.302. The van der Waals surface area contributed by atoms with E-state index in [0.29, 0.717) is 19.4 Å². The number of amides is 1. The van der Waals surface area contributed by atoms with E-state index in [1.807, 2.05) is 6.08 Å². The van der Waals surface area contributed by atoms with E-state index in [4.69, 9.17) is 14.2 Å². The van der Waals surface area contributed by atoms with E-state index in [2.05, 4.69) is 43.5 Å². The standard InChI is InChI=1S/C70H131NO10/c1-3-5-7-9-11-13-15-37-40-44-48-52-56-63(73)62(61-80-70-69(78)68(77)67(76)64(60-72)81-70)71-65(74)57-53-49-45-41-38-34-32-30-28-26-24-22-20-18-16-17-19-21-23-25-27-29-31-33-35-39-43-47-51-55-59-79-66(75)58-54-50-46-42-36-14-12-10-8-6-4-2/h10,12,17,19,52,56,62-64,67-70,72-73,76-78H,3-9,11,13-16,18,20-51,53-55,57-61H2,1-2H3,(H,71,74)/b12-10-,19-17-,56-52+. The van der Waals surface area contributed by atoms with Crippen LogP contribution in [0.1, 0.15) is 335 Å². The van der Waals surface area contributed by atoms with Gasteiger partial charge in [-0.1, -0.05) is 281 Å². The van der Waals surface area contributed by atoms with Gasteiger partial charge < -0.3 is 45.1 Å². The first-order chi connectivity index (χ1) is 39.7. The first-order valence-corrected chi connectivity index (χ1v) is 34.8. The Morgan fingerprint density at radius 1 is 0.444 bits per heavy atom. The third kappa shape index (κ3) is 48.8. The number of carbonyl (C=O) groups is 2. The van der Waals surface area contributed by atoms with Gasteiger partial charge in [-0.05, 0) is 77.0 Å².